The molecule has 1 N–H and O–H groups in total. The highest BCUT2D eigenvalue weighted by Crippen LogP contribution is 2.28. The van der Waals surface area contributed by atoms with Crippen LogP contribution in [0.3, 0.4) is 0 Å². The van der Waals surface area contributed by atoms with Crippen LogP contribution >= 0.6 is 0 Å². The van der Waals surface area contributed by atoms with Gasteiger partial charge in [0.2, 0.25) is 5.89 Å². The van der Waals surface area contributed by atoms with Crippen LogP contribution in [0.1, 0.15) is 44.4 Å². The van der Waals surface area contributed by atoms with Gasteiger partial charge in [0.05, 0.1) is 0 Å². The molecule has 2 fully saturated rings. The largest absolute Gasteiger partial charge is 0.338 e. The average molecular weight is 236 g/mol. The van der Waals surface area contributed by atoms with Crippen LogP contribution in [0.4, 0.5) is 5.95 Å². The van der Waals surface area contributed by atoms with Gasteiger partial charge in [0.15, 0.2) is 0 Å². The zero-order valence-corrected chi connectivity index (χ0v) is 10.4. The van der Waals surface area contributed by atoms with Crippen molar-refractivity contribution in [1.82, 2.24) is 15.5 Å². The second-order valence-electron chi connectivity index (χ2n) is 5.20. The first-order valence-electron chi connectivity index (χ1n) is 6.65. The molecule has 2 saturated heterocycles. The van der Waals surface area contributed by atoms with Gasteiger partial charge in [-0.15, -0.1) is 0 Å². The van der Waals surface area contributed by atoms with E-state index in [9.17, 15) is 0 Å². The monoisotopic (exact) mass is 236 g/mol. The van der Waals surface area contributed by atoms with Crippen molar-refractivity contribution in [3.8, 4) is 0 Å². The van der Waals surface area contributed by atoms with Crippen molar-refractivity contribution in [2.45, 2.75) is 44.6 Å². The first kappa shape index (κ1) is 11.0. The third-order valence-electron chi connectivity index (χ3n) is 3.79. The molecule has 0 amide bonds. The molecule has 1 aromatic heterocycles. The van der Waals surface area contributed by atoms with E-state index < -0.39 is 0 Å². The first-order valence-corrected chi connectivity index (χ1v) is 6.65. The maximum atomic E-state index is 5.43. The molecule has 3 heterocycles. The molecule has 2 atom stereocenters. The average Bonchev–Trinajstić information content (AvgIpc) is 3.00. The number of hydrogen-bond acceptors (Lipinski definition) is 5. The van der Waals surface area contributed by atoms with E-state index in [-0.39, 0.29) is 0 Å². The minimum Gasteiger partial charge on any atom is -0.338 e. The van der Waals surface area contributed by atoms with Crippen LogP contribution < -0.4 is 10.2 Å². The van der Waals surface area contributed by atoms with E-state index in [1.807, 2.05) is 0 Å². The standard InChI is InChI=1S/C12H20N4O/c1-9-8-10(4-5-13-9)11-14-12(15-17-11)16-6-2-3-7-16/h9-10,13H,2-8H2,1H3. The molecule has 2 unspecified atom stereocenters. The van der Waals surface area contributed by atoms with E-state index in [2.05, 4.69) is 27.3 Å². The lowest BCUT2D eigenvalue weighted by atomic mass is 9.93. The summed E-state index contributed by atoms with van der Waals surface area (Å²) in [4.78, 5) is 6.79. The van der Waals surface area contributed by atoms with Crippen LogP contribution in [0.2, 0.25) is 0 Å². The third kappa shape index (κ3) is 2.29. The maximum absolute atomic E-state index is 5.43. The Bertz CT molecular complexity index is 372. The summed E-state index contributed by atoms with van der Waals surface area (Å²) in [5.74, 6) is 2.07. The van der Waals surface area contributed by atoms with Gasteiger partial charge < -0.3 is 14.7 Å². The molecule has 3 rings (SSSR count). The van der Waals surface area contributed by atoms with Crippen LogP contribution in [0.25, 0.3) is 0 Å². The summed E-state index contributed by atoms with van der Waals surface area (Å²) in [6.45, 7) is 5.40. The van der Waals surface area contributed by atoms with E-state index in [1.54, 1.807) is 0 Å². The second kappa shape index (κ2) is 4.64. The van der Waals surface area contributed by atoms with Crippen LogP contribution in [-0.4, -0.2) is 35.8 Å². The second-order valence-corrected chi connectivity index (χ2v) is 5.20. The Balaban J connectivity index is 1.70. The molecule has 0 aromatic carbocycles. The minimum atomic E-state index is 0.440. The quantitative estimate of drug-likeness (QED) is 0.844. The summed E-state index contributed by atoms with van der Waals surface area (Å²) in [5.41, 5.74) is 0. The molecule has 2 aliphatic heterocycles. The molecule has 0 radical (unpaired) electrons. The van der Waals surface area contributed by atoms with Crippen molar-refractivity contribution in [3.05, 3.63) is 5.89 Å². The molecule has 0 spiro atoms. The van der Waals surface area contributed by atoms with Crippen LogP contribution in [0.15, 0.2) is 4.52 Å². The van der Waals surface area contributed by atoms with E-state index in [4.69, 9.17) is 4.52 Å². The van der Waals surface area contributed by atoms with Gasteiger partial charge in [0.25, 0.3) is 5.95 Å². The van der Waals surface area contributed by atoms with Crippen LogP contribution in [0, 0.1) is 0 Å². The molecule has 1 aromatic rings. The summed E-state index contributed by atoms with van der Waals surface area (Å²) in [6, 6.07) is 0.552. The lowest BCUT2D eigenvalue weighted by Crippen LogP contribution is -2.35. The highest BCUT2D eigenvalue weighted by Gasteiger charge is 2.26. The molecular formula is C12H20N4O. The summed E-state index contributed by atoms with van der Waals surface area (Å²) in [6.07, 6.45) is 4.69. The third-order valence-corrected chi connectivity index (χ3v) is 3.79. The Labute approximate surface area is 102 Å². The van der Waals surface area contributed by atoms with E-state index in [0.717, 1.165) is 44.3 Å². The summed E-state index contributed by atoms with van der Waals surface area (Å²) >= 11 is 0. The van der Waals surface area contributed by atoms with Gasteiger partial charge in [-0.2, -0.15) is 4.98 Å². The lowest BCUT2D eigenvalue weighted by molar-refractivity contribution is 0.295. The Hall–Kier alpha value is -1.10. The van der Waals surface area contributed by atoms with Crippen molar-refractivity contribution in [1.29, 1.82) is 0 Å². The smallest absolute Gasteiger partial charge is 0.266 e. The number of anilines is 1. The normalized spacial score (nSPS) is 29.8. The van der Waals surface area contributed by atoms with Gasteiger partial charge >= 0.3 is 0 Å². The lowest BCUT2D eigenvalue weighted by Gasteiger charge is -2.25. The predicted molar refractivity (Wildman–Crippen MR) is 65.2 cm³/mol. The number of nitrogens with zero attached hydrogens (tertiary/aromatic N) is 3. The van der Waals surface area contributed by atoms with Crippen molar-refractivity contribution >= 4 is 5.95 Å². The van der Waals surface area contributed by atoms with Gasteiger partial charge in [-0.25, -0.2) is 0 Å². The molecule has 0 saturated carbocycles. The number of aromatic nitrogens is 2. The molecule has 0 aliphatic carbocycles. The zero-order chi connectivity index (χ0) is 11.7. The predicted octanol–water partition coefficient (Wildman–Crippen LogP) is 1.53. The summed E-state index contributed by atoms with van der Waals surface area (Å²) < 4.78 is 5.43. The molecule has 94 valence electrons. The van der Waals surface area contributed by atoms with Gasteiger partial charge in [0, 0.05) is 25.0 Å². The van der Waals surface area contributed by atoms with Crippen molar-refractivity contribution in [2.75, 3.05) is 24.5 Å². The van der Waals surface area contributed by atoms with Gasteiger partial charge in [-0.1, -0.05) is 0 Å². The molecule has 17 heavy (non-hydrogen) atoms. The van der Waals surface area contributed by atoms with E-state index in [0.29, 0.717) is 12.0 Å². The fraction of sp³-hybridized carbons (Fsp3) is 0.833. The molecular weight excluding hydrogens is 216 g/mol. The topological polar surface area (TPSA) is 54.2 Å². The van der Waals surface area contributed by atoms with Crippen molar-refractivity contribution < 1.29 is 4.52 Å². The number of nitrogens with one attached hydrogen (secondary N) is 1. The van der Waals surface area contributed by atoms with Crippen molar-refractivity contribution in [3.63, 3.8) is 0 Å². The molecule has 2 aliphatic rings. The minimum absolute atomic E-state index is 0.440. The zero-order valence-electron chi connectivity index (χ0n) is 10.4. The van der Waals surface area contributed by atoms with Gasteiger partial charge in [-0.3, -0.25) is 0 Å². The van der Waals surface area contributed by atoms with Crippen LogP contribution in [-0.2, 0) is 0 Å². The first-order chi connectivity index (χ1) is 8.33. The number of rotatable bonds is 2. The molecule has 5 heteroatoms. The highest BCUT2D eigenvalue weighted by atomic mass is 16.5. The fourth-order valence-corrected chi connectivity index (χ4v) is 2.79. The highest BCUT2D eigenvalue weighted by molar-refractivity contribution is 5.29. The van der Waals surface area contributed by atoms with Crippen molar-refractivity contribution in [2.24, 2.45) is 0 Å². The molecule has 0 bridgehead atoms. The van der Waals surface area contributed by atoms with E-state index >= 15 is 0 Å². The number of hydrogen-bond donors (Lipinski definition) is 1. The van der Waals surface area contributed by atoms with Gasteiger partial charge in [-0.05, 0) is 44.3 Å². The SMILES string of the molecule is CC1CC(c2nc(N3CCCC3)no2)CCN1. The Morgan fingerprint density at radius 1 is 1.35 bits per heavy atom. The number of piperidine rings is 1. The Kier molecular flexibility index (Phi) is 3.01. The summed E-state index contributed by atoms with van der Waals surface area (Å²) in [7, 11) is 0. The fourth-order valence-electron chi connectivity index (χ4n) is 2.79. The maximum Gasteiger partial charge on any atom is 0.266 e. The van der Waals surface area contributed by atoms with E-state index in [1.165, 1.54) is 12.8 Å². The molecule has 5 nitrogen and oxygen atoms in total. The summed E-state index contributed by atoms with van der Waals surface area (Å²) in [5, 5.41) is 7.56. The van der Waals surface area contributed by atoms with Gasteiger partial charge in [0.1, 0.15) is 0 Å². The Morgan fingerprint density at radius 3 is 2.94 bits per heavy atom. The van der Waals surface area contributed by atoms with Crippen LogP contribution in [0.5, 0.6) is 0 Å². The Morgan fingerprint density at radius 2 is 2.18 bits per heavy atom.